The van der Waals surface area contributed by atoms with Gasteiger partial charge in [0, 0.05) is 10.5 Å². The molecule has 1 unspecified atom stereocenters. The number of hydrogen-bond donors (Lipinski definition) is 1. The lowest BCUT2D eigenvalue weighted by atomic mass is 10.1. The normalized spacial score (nSPS) is 12.2. The van der Waals surface area contributed by atoms with Crippen molar-refractivity contribution in [2.75, 3.05) is 5.32 Å². The molecule has 0 aromatic heterocycles. The van der Waals surface area contributed by atoms with Crippen LogP contribution in [0.2, 0.25) is 0 Å². The van der Waals surface area contributed by atoms with E-state index in [1.165, 1.54) is 18.2 Å². The van der Waals surface area contributed by atoms with Crippen LogP contribution in [-0.2, 0) is 6.42 Å². The first-order valence-electron chi connectivity index (χ1n) is 6.01. The Labute approximate surface area is 119 Å². The van der Waals surface area contributed by atoms with Gasteiger partial charge in [0.05, 0.1) is 5.69 Å². The van der Waals surface area contributed by atoms with Crippen molar-refractivity contribution in [3.05, 3.63) is 64.1 Å². The average molecular weight is 326 g/mol. The van der Waals surface area contributed by atoms with Gasteiger partial charge in [-0.1, -0.05) is 18.2 Å². The highest BCUT2D eigenvalue weighted by molar-refractivity contribution is 9.10. The maximum absolute atomic E-state index is 13.7. The molecule has 0 saturated heterocycles. The summed E-state index contributed by atoms with van der Waals surface area (Å²) >= 11 is 3.32. The van der Waals surface area contributed by atoms with Crippen LogP contribution >= 0.6 is 15.9 Å². The van der Waals surface area contributed by atoms with E-state index in [2.05, 4.69) is 21.2 Å². The third kappa shape index (κ3) is 3.77. The van der Waals surface area contributed by atoms with Crippen molar-refractivity contribution >= 4 is 21.6 Å². The van der Waals surface area contributed by atoms with E-state index in [-0.39, 0.29) is 17.7 Å². The summed E-state index contributed by atoms with van der Waals surface area (Å²) in [5.41, 5.74) is 1.46. The zero-order valence-corrected chi connectivity index (χ0v) is 12.0. The number of nitrogens with one attached hydrogen (secondary N) is 1. The lowest BCUT2D eigenvalue weighted by Gasteiger charge is -2.17. The Morgan fingerprint density at radius 1 is 1.11 bits per heavy atom. The Balaban J connectivity index is 2.05. The number of halogens is 3. The van der Waals surface area contributed by atoms with Gasteiger partial charge < -0.3 is 5.32 Å². The maximum atomic E-state index is 13.7. The fourth-order valence-electron chi connectivity index (χ4n) is 1.91. The number of hydrogen-bond acceptors (Lipinski definition) is 1. The zero-order valence-electron chi connectivity index (χ0n) is 10.5. The summed E-state index contributed by atoms with van der Waals surface area (Å²) in [6, 6.07) is 11.2. The van der Waals surface area contributed by atoms with Gasteiger partial charge >= 0.3 is 0 Å². The van der Waals surface area contributed by atoms with Gasteiger partial charge in [0.2, 0.25) is 0 Å². The Morgan fingerprint density at radius 2 is 1.79 bits per heavy atom. The van der Waals surface area contributed by atoms with Crippen LogP contribution in [0.25, 0.3) is 0 Å². The zero-order chi connectivity index (χ0) is 13.8. The molecular weight excluding hydrogens is 312 g/mol. The molecule has 2 aromatic rings. The van der Waals surface area contributed by atoms with Crippen LogP contribution in [0.15, 0.2) is 46.9 Å². The number of para-hydroxylation sites is 1. The summed E-state index contributed by atoms with van der Waals surface area (Å²) in [5, 5.41) is 3.13. The van der Waals surface area contributed by atoms with Gasteiger partial charge in [0.15, 0.2) is 0 Å². The first-order chi connectivity index (χ1) is 9.06. The van der Waals surface area contributed by atoms with E-state index in [4.69, 9.17) is 0 Å². The Bertz CT molecular complexity index is 534. The van der Waals surface area contributed by atoms with Crippen LogP contribution in [0, 0.1) is 11.6 Å². The van der Waals surface area contributed by atoms with E-state index >= 15 is 0 Å². The van der Waals surface area contributed by atoms with E-state index in [9.17, 15) is 8.78 Å². The van der Waals surface area contributed by atoms with Gasteiger partial charge in [0.1, 0.15) is 11.6 Å². The van der Waals surface area contributed by atoms with Gasteiger partial charge in [-0.2, -0.15) is 0 Å². The number of rotatable bonds is 4. The average Bonchev–Trinajstić information content (AvgIpc) is 2.37. The van der Waals surface area contributed by atoms with Gasteiger partial charge in [-0.15, -0.1) is 0 Å². The molecule has 0 heterocycles. The van der Waals surface area contributed by atoms with E-state index in [0.717, 1.165) is 5.56 Å². The largest absolute Gasteiger partial charge is 0.379 e. The molecule has 0 aliphatic heterocycles. The van der Waals surface area contributed by atoms with Gasteiger partial charge in [-0.3, -0.25) is 0 Å². The van der Waals surface area contributed by atoms with Gasteiger partial charge in [-0.05, 0) is 59.1 Å². The molecule has 0 saturated carbocycles. The summed E-state index contributed by atoms with van der Waals surface area (Å²) < 4.78 is 27.2. The van der Waals surface area contributed by atoms with E-state index in [0.29, 0.717) is 16.6 Å². The summed E-state index contributed by atoms with van der Waals surface area (Å²) in [6.45, 7) is 1.96. The fraction of sp³-hybridized carbons (Fsp3) is 0.200. The van der Waals surface area contributed by atoms with Gasteiger partial charge in [0.25, 0.3) is 0 Å². The van der Waals surface area contributed by atoms with Crippen LogP contribution in [0.1, 0.15) is 12.5 Å². The first kappa shape index (κ1) is 14.0. The van der Waals surface area contributed by atoms with Crippen LogP contribution in [0.3, 0.4) is 0 Å². The molecular formula is C15H14BrF2N. The molecule has 2 aromatic carbocycles. The van der Waals surface area contributed by atoms with Crippen molar-refractivity contribution in [1.82, 2.24) is 0 Å². The molecule has 4 heteroatoms. The summed E-state index contributed by atoms with van der Waals surface area (Å²) in [4.78, 5) is 0. The third-order valence-electron chi connectivity index (χ3n) is 2.81. The standard InChI is InChI=1S/C15H14BrF2N/c1-10(9-11-5-7-12(17)8-6-11)19-15-13(16)3-2-4-14(15)18/h2-8,10,19H,9H2,1H3. The molecule has 0 amide bonds. The summed E-state index contributed by atoms with van der Waals surface area (Å²) in [6.07, 6.45) is 0.695. The van der Waals surface area contributed by atoms with Gasteiger partial charge in [-0.25, -0.2) is 8.78 Å². The fourth-order valence-corrected chi connectivity index (χ4v) is 2.36. The topological polar surface area (TPSA) is 12.0 Å². The molecule has 0 spiro atoms. The predicted molar refractivity (Wildman–Crippen MR) is 77.3 cm³/mol. The molecule has 0 bridgehead atoms. The number of anilines is 1. The van der Waals surface area contributed by atoms with Crippen LogP contribution < -0.4 is 5.32 Å². The molecule has 1 N–H and O–H groups in total. The molecule has 19 heavy (non-hydrogen) atoms. The second-order valence-electron chi connectivity index (χ2n) is 4.47. The summed E-state index contributed by atoms with van der Waals surface area (Å²) in [7, 11) is 0. The van der Waals surface area contributed by atoms with E-state index < -0.39 is 0 Å². The van der Waals surface area contributed by atoms with Crippen molar-refractivity contribution in [2.24, 2.45) is 0 Å². The highest BCUT2D eigenvalue weighted by Crippen LogP contribution is 2.26. The number of benzene rings is 2. The minimum atomic E-state index is -0.291. The molecule has 100 valence electrons. The van der Waals surface area contributed by atoms with Crippen LogP contribution in [-0.4, -0.2) is 6.04 Å². The molecule has 1 atom stereocenters. The monoisotopic (exact) mass is 325 g/mol. The summed E-state index contributed by atoms with van der Waals surface area (Å²) in [5.74, 6) is -0.540. The SMILES string of the molecule is CC(Cc1ccc(F)cc1)Nc1c(F)cccc1Br. The molecule has 0 aliphatic rings. The predicted octanol–water partition coefficient (Wildman–Crippen LogP) is 4.77. The highest BCUT2D eigenvalue weighted by atomic mass is 79.9. The Morgan fingerprint density at radius 3 is 2.42 bits per heavy atom. The molecule has 1 nitrogen and oxygen atoms in total. The quantitative estimate of drug-likeness (QED) is 0.853. The second-order valence-corrected chi connectivity index (χ2v) is 5.33. The lowest BCUT2D eigenvalue weighted by Crippen LogP contribution is -2.19. The maximum Gasteiger partial charge on any atom is 0.147 e. The van der Waals surface area contributed by atoms with E-state index in [1.54, 1.807) is 24.3 Å². The minimum absolute atomic E-state index is 0.0404. The van der Waals surface area contributed by atoms with Crippen molar-refractivity contribution in [3.63, 3.8) is 0 Å². The first-order valence-corrected chi connectivity index (χ1v) is 6.80. The highest BCUT2D eigenvalue weighted by Gasteiger charge is 2.10. The van der Waals surface area contributed by atoms with E-state index in [1.807, 2.05) is 6.92 Å². The van der Waals surface area contributed by atoms with Crippen molar-refractivity contribution < 1.29 is 8.78 Å². The van der Waals surface area contributed by atoms with Crippen molar-refractivity contribution in [1.29, 1.82) is 0 Å². The molecule has 2 rings (SSSR count). The van der Waals surface area contributed by atoms with Crippen molar-refractivity contribution in [3.8, 4) is 0 Å². The minimum Gasteiger partial charge on any atom is -0.379 e. The lowest BCUT2D eigenvalue weighted by molar-refractivity contribution is 0.623. The molecule has 0 fully saturated rings. The van der Waals surface area contributed by atoms with Crippen molar-refractivity contribution in [2.45, 2.75) is 19.4 Å². The van der Waals surface area contributed by atoms with Crippen LogP contribution in [0.5, 0.6) is 0 Å². The Kier molecular flexibility index (Phi) is 4.53. The Hall–Kier alpha value is -1.42. The molecule has 0 aliphatic carbocycles. The van der Waals surface area contributed by atoms with Crippen LogP contribution in [0.4, 0.5) is 14.5 Å². The third-order valence-corrected chi connectivity index (χ3v) is 3.47. The second kappa shape index (κ2) is 6.15. The molecule has 0 radical (unpaired) electrons. The smallest absolute Gasteiger partial charge is 0.147 e.